The molecule has 1 aliphatic rings. The van der Waals surface area contributed by atoms with Crippen molar-refractivity contribution in [1.29, 1.82) is 0 Å². The second-order valence-electron chi connectivity index (χ2n) is 5.72. The number of piperidine rings is 1. The molecule has 0 spiro atoms. The zero-order valence-electron chi connectivity index (χ0n) is 12.7. The molecule has 5 nitrogen and oxygen atoms in total. The van der Waals surface area contributed by atoms with Crippen LogP contribution < -0.4 is 5.32 Å². The fourth-order valence-corrected chi connectivity index (χ4v) is 2.80. The number of hydrogen-bond donors (Lipinski definition) is 1. The Hall–Kier alpha value is -1.33. The average Bonchev–Trinajstić information content (AvgIpc) is 2.90. The number of methoxy groups -OCH3 is 1. The highest BCUT2D eigenvalue weighted by Gasteiger charge is 2.26. The first-order valence-corrected chi connectivity index (χ1v) is 7.14. The van der Waals surface area contributed by atoms with Crippen LogP contribution >= 0.6 is 0 Å². The lowest BCUT2D eigenvalue weighted by Crippen LogP contribution is -2.47. The van der Waals surface area contributed by atoms with Gasteiger partial charge in [0, 0.05) is 12.6 Å². The lowest BCUT2D eigenvalue weighted by atomic mass is 9.93. The lowest BCUT2D eigenvalue weighted by molar-refractivity contribution is 0.0561. The van der Waals surface area contributed by atoms with Crippen molar-refractivity contribution in [3.8, 4) is 0 Å². The van der Waals surface area contributed by atoms with Crippen molar-refractivity contribution >= 4 is 5.97 Å². The molecular weight excluding hydrogens is 256 g/mol. The monoisotopic (exact) mass is 280 g/mol. The first-order chi connectivity index (χ1) is 9.51. The molecule has 1 aliphatic heterocycles. The molecular formula is C15H24N2O3. The van der Waals surface area contributed by atoms with E-state index in [1.807, 2.05) is 6.07 Å². The molecule has 1 N–H and O–H groups in total. The second-order valence-corrected chi connectivity index (χ2v) is 5.72. The number of rotatable bonds is 4. The number of furan rings is 1. The minimum Gasteiger partial charge on any atom is -0.463 e. The van der Waals surface area contributed by atoms with Crippen molar-refractivity contribution in [3.05, 3.63) is 23.7 Å². The molecule has 5 heteroatoms. The summed E-state index contributed by atoms with van der Waals surface area (Å²) in [6, 6.07) is 4.07. The number of nitrogens with zero attached hydrogens (tertiary/aromatic N) is 1. The Morgan fingerprint density at radius 3 is 2.95 bits per heavy atom. The molecule has 112 valence electrons. The summed E-state index contributed by atoms with van der Waals surface area (Å²) < 4.78 is 10.2. The number of nitrogens with one attached hydrogen (secondary N) is 1. The number of carbonyl (C=O) groups is 1. The van der Waals surface area contributed by atoms with Crippen LogP contribution in [0.5, 0.6) is 0 Å². The van der Waals surface area contributed by atoms with E-state index in [1.165, 1.54) is 7.11 Å². The van der Waals surface area contributed by atoms with Gasteiger partial charge in [-0.25, -0.2) is 4.79 Å². The third kappa shape index (κ3) is 3.41. The Labute approximate surface area is 120 Å². The van der Waals surface area contributed by atoms with Crippen molar-refractivity contribution in [3.63, 3.8) is 0 Å². The van der Waals surface area contributed by atoms with Crippen molar-refractivity contribution in [2.45, 2.75) is 32.4 Å². The molecule has 1 fully saturated rings. The van der Waals surface area contributed by atoms with Crippen LogP contribution in [-0.2, 0) is 4.74 Å². The van der Waals surface area contributed by atoms with Crippen LogP contribution in [-0.4, -0.2) is 44.2 Å². The summed E-state index contributed by atoms with van der Waals surface area (Å²) in [7, 11) is 3.51. The SMILES string of the molecule is COC(=O)c1ccc(C(C)NC2CCN(C)CC2C)o1. The molecule has 0 aliphatic carbocycles. The minimum absolute atomic E-state index is 0.0873. The molecule has 0 aromatic carbocycles. The Morgan fingerprint density at radius 2 is 2.30 bits per heavy atom. The number of hydrogen-bond acceptors (Lipinski definition) is 5. The zero-order valence-corrected chi connectivity index (χ0v) is 12.7. The maximum absolute atomic E-state index is 11.4. The van der Waals surface area contributed by atoms with E-state index in [-0.39, 0.29) is 11.8 Å². The van der Waals surface area contributed by atoms with Gasteiger partial charge in [0.25, 0.3) is 0 Å². The highest BCUT2D eigenvalue weighted by molar-refractivity contribution is 5.86. The maximum atomic E-state index is 11.4. The van der Waals surface area contributed by atoms with Crippen molar-refractivity contribution < 1.29 is 13.9 Å². The Bertz CT molecular complexity index is 458. The van der Waals surface area contributed by atoms with Gasteiger partial charge >= 0.3 is 5.97 Å². The second kappa shape index (κ2) is 6.41. The molecule has 3 atom stereocenters. The number of likely N-dealkylation sites (tertiary alicyclic amines) is 1. The third-order valence-corrected chi connectivity index (χ3v) is 4.01. The summed E-state index contributed by atoms with van der Waals surface area (Å²) in [6.07, 6.45) is 1.13. The van der Waals surface area contributed by atoms with Gasteiger partial charge in [0.15, 0.2) is 0 Å². The van der Waals surface area contributed by atoms with Gasteiger partial charge in [0.1, 0.15) is 5.76 Å². The molecule has 1 saturated heterocycles. The summed E-state index contributed by atoms with van der Waals surface area (Å²) in [6.45, 7) is 6.54. The number of ether oxygens (including phenoxy) is 1. The van der Waals surface area contributed by atoms with Crippen LogP contribution in [0, 0.1) is 5.92 Å². The fourth-order valence-electron chi connectivity index (χ4n) is 2.80. The topological polar surface area (TPSA) is 54.7 Å². The Morgan fingerprint density at radius 1 is 1.55 bits per heavy atom. The third-order valence-electron chi connectivity index (χ3n) is 4.01. The molecule has 0 amide bonds. The highest BCUT2D eigenvalue weighted by atomic mass is 16.5. The highest BCUT2D eigenvalue weighted by Crippen LogP contribution is 2.22. The van der Waals surface area contributed by atoms with Crippen LogP contribution in [0.4, 0.5) is 0 Å². The molecule has 0 bridgehead atoms. The average molecular weight is 280 g/mol. The van der Waals surface area contributed by atoms with E-state index < -0.39 is 5.97 Å². The quantitative estimate of drug-likeness (QED) is 0.856. The summed E-state index contributed by atoms with van der Waals surface area (Å²) in [5.41, 5.74) is 0. The standard InChI is InChI=1S/C15H24N2O3/c1-10-9-17(3)8-7-12(10)16-11(2)13-5-6-14(20-13)15(18)19-4/h5-6,10-12,16H,7-9H2,1-4H3. The van der Waals surface area contributed by atoms with E-state index in [4.69, 9.17) is 4.42 Å². The molecule has 0 saturated carbocycles. The van der Waals surface area contributed by atoms with E-state index in [9.17, 15) is 4.79 Å². The van der Waals surface area contributed by atoms with E-state index in [0.717, 1.165) is 25.3 Å². The summed E-state index contributed by atoms with van der Waals surface area (Å²) in [5, 5.41) is 3.60. The maximum Gasteiger partial charge on any atom is 0.373 e. The van der Waals surface area contributed by atoms with Crippen molar-refractivity contribution in [2.75, 3.05) is 27.2 Å². The van der Waals surface area contributed by atoms with E-state index >= 15 is 0 Å². The number of carbonyl (C=O) groups excluding carboxylic acids is 1. The normalized spacial score (nSPS) is 25.4. The molecule has 1 aromatic heterocycles. The minimum atomic E-state index is -0.434. The largest absolute Gasteiger partial charge is 0.463 e. The molecule has 20 heavy (non-hydrogen) atoms. The van der Waals surface area contributed by atoms with Gasteiger partial charge in [-0.15, -0.1) is 0 Å². The van der Waals surface area contributed by atoms with Crippen LogP contribution in [0.25, 0.3) is 0 Å². The smallest absolute Gasteiger partial charge is 0.373 e. The first-order valence-electron chi connectivity index (χ1n) is 7.14. The molecule has 2 rings (SSSR count). The molecule has 1 aromatic rings. The van der Waals surface area contributed by atoms with Gasteiger partial charge in [-0.2, -0.15) is 0 Å². The molecule has 3 unspecified atom stereocenters. The summed E-state index contributed by atoms with van der Waals surface area (Å²) >= 11 is 0. The lowest BCUT2D eigenvalue weighted by Gasteiger charge is -2.36. The summed E-state index contributed by atoms with van der Waals surface area (Å²) in [5.74, 6) is 1.20. The van der Waals surface area contributed by atoms with E-state index in [1.54, 1.807) is 6.07 Å². The predicted molar refractivity (Wildman–Crippen MR) is 76.7 cm³/mol. The van der Waals surface area contributed by atoms with Crippen LogP contribution in [0.3, 0.4) is 0 Å². The Balaban J connectivity index is 1.96. The number of esters is 1. The molecule has 0 radical (unpaired) electrons. The van der Waals surface area contributed by atoms with Gasteiger partial charge < -0.3 is 19.4 Å². The van der Waals surface area contributed by atoms with E-state index in [2.05, 4.69) is 35.8 Å². The zero-order chi connectivity index (χ0) is 14.7. The van der Waals surface area contributed by atoms with E-state index in [0.29, 0.717) is 12.0 Å². The Kier molecular flexibility index (Phi) is 4.83. The van der Waals surface area contributed by atoms with Gasteiger partial charge in [0.2, 0.25) is 5.76 Å². The summed E-state index contributed by atoms with van der Waals surface area (Å²) in [4.78, 5) is 13.7. The van der Waals surface area contributed by atoms with Crippen molar-refractivity contribution in [1.82, 2.24) is 10.2 Å². The van der Waals surface area contributed by atoms with Gasteiger partial charge in [-0.3, -0.25) is 0 Å². The van der Waals surface area contributed by atoms with Gasteiger partial charge in [0.05, 0.1) is 13.2 Å². The van der Waals surface area contributed by atoms with Crippen LogP contribution in [0.15, 0.2) is 16.5 Å². The molecule has 2 heterocycles. The van der Waals surface area contributed by atoms with Crippen molar-refractivity contribution in [2.24, 2.45) is 5.92 Å². The fraction of sp³-hybridized carbons (Fsp3) is 0.667. The van der Waals surface area contributed by atoms with Gasteiger partial charge in [-0.1, -0.05) is 6.92 Å². The first kappa shape index (κ1) is 15.1. The van der Waals surface area contributed by atoms with Gasteiger partial charge in [-0.05, 0) is 45.0 Å². The van der Waals surface area contributed by atoms with Crippen LogP contribution in [0.1, 0.15) is 42.6 Å². The van der Waals surface area contributed by atoms with Crippen LogP contribution in [0.2, 0.25) is 0 Å². The predicted octanol–water partition coefficient (Wildman–Crippen LogP) is 2.06.